The maximum absolute atomic E-state index is 4.66. The van der Waals surface area contributed by atoms with Gasteiger partial charge in [0, 0.05) is 41.7 Å². The molecule has 8 heteroatoms. The minimum absolute atomic E-state index is 0.893. The third-order valence-electron chi connectivity index (χ3n) is 5.61. The lowest BCUT2D eigenvalue weighted by Gasteiger charge is -2.05. The van der Waals surface area contributed by atoms with Crippen LogP contribution < -0.4 is 0 Å². The van der Waals surface area contributed by atoms with Gasteiger partial charge in [-0.3, -0.25) is 9.97 Å². The van der Waals surface area contributed by atoms with Gasteiger partial charge in [0.2, 0.25) is 0 Å². The van der Waals surface area contributed by atoms with Crippen molar-refractivity contribution in [2.45, 2.75) is 8.42 Å². The van der Waals surface area contributed by atoms with Crippen LogP contribution in [0.5, 0.6) is 0 Å². The fraction of sp³-hybridized carbons (Fsp3) is 0.0714. The van der Waals surface area contributed by atoms with Crippen molar-refractivity contribution in [3.63, 3.8) is 0 Å². The Balaban J connectivity index is 1.27. The molecule has 2 nitrogen and oxygen atoms in total. The van der Waals surface area contributed by atoms with E-state index in [0.29, 0.717) is 0 Å². The zero-order valence-corrected chi connectivity index (χ0v) is 24.3. The van der Waals surface area contributed by atoms with Crippen LogP contribution in [0.15, 0.2) is 93.6 Å². The molecule has 0 radical (unpaired) electrons. The molecule has 6 aromatic rings. The van der Waals surface area contributed by atoms with E-state index in [1.807, 2.05) is 57.7 Å². The van der Waals surface area contributed by atoms with Crippen LogP contribution in [0.1, 0.15) is 0 Å². The van der Waals surface area contributed by atoms with E-state index < -0.39 is 0 Å². The molecule has 0 atom stereocenters. The van der Waals surface area contributed by atoms with Crippen molar-refractivity contribution in [2.75, 3.05) is 12.5 Å². The number of aromatic nitrogens is 2. The maximum atomic E-state index is 4.66. The third kappa shape index (κ3) is 4.98. The Morgan fingerprint density at radius 3 is 1.28 bits per heavy atom. The van der Waals surface area contributed by atoms with Crippen LogP contribution >= 0.6 is 68.9 Å². The minimum atomic E-state index is 0.893. The van der Waals surface area contributed by atoms with Gasteiger partial charge in [0.15, 0.2) is 0 Å². The Kier molecular flexibility index (Phi) is 7.15. The summed E-state index contributed by atoms with van der Waals surface area (Å²) in [6.07, 6.45) is 8.02. The van der Waals surface area contributed by atoms with Gasteiger partial charge in [-0.15, -0.1) is 68.9 Å². The summed E-state index contributed by atoms with van der Waals surface area (Å²) in [5.41, 5.74) is 4.13. The Morgan fingerprint density at radius 2 is 0.861 bits per heavy atom. The first-order valence-electron chi connectivity index (χ1n) is 11.1. The molecule has 0 saturated carbocycles. The third-order valence-corrected chi connectivity index (χ3v) is 12.6. The summed E-state index contributed by atoms with van der Waals surface area (Å²) in [6, 6.07) is 26.2. The molecule has 6 rings (SSSR count). The molecule has 0 amide bonds. The van der Waals surface area contributed by atoms with Crippen molar-refractivity contribution in [2.24, 2.45) is 0 Å². The van der Waals surface area contributed by atoms with Crippen molar-refractivity contribution in [3.05, 3.63) is 85.2 Å². The number of thiophene rings is 4. The molecule has 0 unspecified atom stereocenters. The Bertz CT molecular complexity index is 1510. The highest BCUT2D eigenvalue weighted by atomic mass is 32.2. The van der Waals surface area contributed by atoms with E-state index in [-0.39, 0.29) is 0 Å². The van der Waals surface area contributed by atoms with Gasteiger partial charge in [-0.2, -0.15) is 0 Å². The number of rotatable bonds is 7. The lowest BCUT2D eigenvalue weighted by Crippen LogP contribution is -1.88. The average Bonchev–Trinajstić information content (AvgIpc) is 3.74. The molecule has 0 saturated heterocycles. The standard InChI is InChI=1S/C28H20N2S6/c1-31-27-9-7-25(35-27)23-5-3-21(33-23)17-11-13-29-19(15-17)20-16-18(12-14-30-20)22-4-6-24(34-22)26-8-10-28(32-2)36-26/h3-16H,1-2H3. The summed E-state index contributed by atoms with van der Waals surface area (Å²) >= 11 is 10.9. The smallest absolute Gasteiger partial charge is 0.0892 e. The highest BCUT2D eigenvalue weighted by Gasteiger charge is 2.12. The summed E-state index contributed by atoms with van der Waals surface area (Å²) in [5, 5.41) is 0. The number of pyridine rings is 2. The van der Waals surface area contributed by atoms with Crippen LogP contribution in [0.3, 0.4) is 0 Å². The zero-order chi connectivity index (χ0) is 24.5. The molecule has 0 aliphatic heterocycles. The van der Waals surface area contributed by atoms with E-state index in [1.165, 1.54) is 48.8 Å². The Hall–Kier alpha value is -2.20. The van der Waals surface area contributed by atoms with Gasteiger partial charge in [0.05, 0.1) is 19.8 Å². The second-order valence-corrected chi connectivity index (χ2v) is 14.4. The lowest BCUT2D eigenvalue weighted by molar-refractivity contribution is 1.25. The van der Waals surface area contributed by atoms with Gasteiger partial charge in [-0.25, -0.2) is 0 Å². The fourth-order valence-electron chi connectivity index (χ4n) is 3.82. The van der Waals surface area contributed by atoms with Crippen LogP contribution in [0.4, 0.5) is 0 Å². The molecular formula is C28H20N2S6. The van der Waals surface area contributed by atoms with E-state index in [9.17, 15) is 0 Å². The first kappa shape index (κ1) is 24.2. The molecule has 0 bridgehead atoms. The molecule has 36 heavy (non-hydrogen) atoms. The van der Waals surface area contributed by atoms with Gasteiger partial charge in [0.1, 0.15) is 0 Å². The van der Waals surface area contributed by atoms with Crippen LogP contribution in [-0.4, -0.2) is 22.5 Å². The molecule has 6 aromatic heterocycles. The van der Waals surface area contributed by atoms with Crippen molar-refractivity contribution < 1.29 is 0 Å². The number of thioether (sulfide) groups is 2. The SMILES string of the molecule is CSc1ccc(-c2ccc(-c3ccnc(-c4cc(-c5ccc(-c6ccc(SC)s6)s5)ccn4)c3)s2)s1. The molecule has 0 N–H and O–H groups in total. The summed E-state index contributed by atoms with van der Waals surface area (Å²) < 4.78 is 2.69. The zero-order valence-electron chi connectivity index (χ0n) is 19.4. The highest BCUT2D eigenvalue weighted by molar-refractivity contribution is 8.00. The van der Waals surface area contributed by atoms with E-state index in [4.69, 9.17) is 0 Å². The van der Waals surface area contributed by atoms with Gasteiger partial charge < -0.3 is 0 Å². The van der Waals surface area contributed by atoms with Crippen LogP contribution in [0, 0.1) is 0 Å². The van der Waals surface area contributed by atoms with Crippen LogP contribution in [0.25, 0.3) is 51.8 Å². The summed E-state index contributed by atoms with van der Waals surface area (Å²) in [5.74, 6) is 0. The summed E-state index contributed by atoms with van der Waals surface area (Å²) in [6.45, 7) is 0. The minimum Gasteiger partial charge on any atom is -0.255 e. The fourth-order valence-corrected chi connectivity index (χ4v) is 9.10. The Morgan fingerprint density at radius 1 is 0.472 bits per heavy atom. The van der Waals surface area contributed by atoms with Gasteiger partial charge in [-0.05, 0) is 96.4 Å². The van der Waals surface area contributed by atoms with Crippen molar-refractivity contribution in [1.82, 2.24) is 9.97 Å². The number of nitrogens with zero attached hydrogens (tertiary/aromatic N) is 2. The van der Waals surface area contributed by atoms with Gasteiger partial charge in [-0.1, -0.05) is 0 Å². The first-order valence-corrected chi connectivity index (χ1v) is 16.8. The van der Waals surface area contributed by atoms with E-state index in [0.717, 1.165) is 11.4 Å². The highest BCUT2D eigenvalue weighted by Crippen LogP contribution is 2.41. The molecule has 0 aliphatic rings. The average molecular weight is 577 g/mol. The molecule has 0 fully saturated rings. The van der Waals surface area contributed by atoms with Gasteiger partial charge >= 0.3 is 0 Å². The summed E-state index contributed by atoms with van der Waals surface area (Å²) in [4.78, 5) is 17.1. The van der Waals surface area contributed by atoms with Crippen LogP contribution in [-0.2, 0) is 0 Å². The van der Waals surface area contributed by atoms with Crippen molar-refractivity contribution >= 4 is 68.9 Å². The largest absolute Gasteiger partial charge is 0.255 e. The molecule has 0 spiro atoms. The van der Waals surface area contributed by atoms with E-state index in [1.54, 1.807) is 23.5 Å². The second kappa shape index (κ2) is 10.7. The first-order chi connectivity index (χ1) is 17.7. The topological polar surface area (TPSA) is 25.8 Å². The predicted molar refractivity (Wildman–Crippen MR) is 164 cm³/mol. The summed E-state index contributed by atoms with van der Waals surface area (Å²) in [7, 11) is 0. The van der Waals surface area contributed by atoms with E-state index in [2.05, 4.69) is 95.3 Å². The number of hydrogen-bond donors (Lipinski definition) is 0. The molecule has 178 valence electrons. The predicted octanol–water partition coefficient (Wildman–Crippen LogP) is 10.5. The van der Waals surface area contributed by atoms with Crippen LogP contribution in [0.2, 0.25) is 0 Å². The monoisotopic (exact) mass is 576 g/mol. The van der Waals surface area contributed by atoms with Crippen molar-refractivity contribution in [3.8, 4) is 51.8 Å². The molecule has 6 heterocycles. The van der Waals surface area contributed by atoms with Gasteiger partial charge in [0.25, 0.3) is 0 Å². The molecular weight excluding hydrogens is 557 g/mol. The lowest BCUT2D eigenvalue weighted by atomic mass is 10.1. The normalized spacial score (nSPS) is 11.3. The number of hydrogen-bond acceptors (Lipinski definition) is 8. The van der Waals surface area contributed by atoms with E-state index >= 15 is 0 Å². The molecule has 0 aliphatic carbocycles. The Labute approximate surface area is 235 Å². The quantitative estimate of drug-likeness (QED) is 0.177. The second-order valence-electron chi connectivity index (χ2n) is 7.83. The maximum Gasteiger partial charge on any atom is 0.0892 e. The molecule has 0 aromatic carbocycles. The van der Waals surface area contributed by atoms with Crippen molar-refractivity contribution in [1.29, 1.82) is 0 Å².